The Morgan fingerprint density at radius 3 is 2.33 bits per heavy atom. The molecule has 0 aliphatic heterocycles. The summed E-state index contributed by atoms with van der Waals surface area (Å²) < 4.78 is 5.39. The molecule has 0 bridgehead atoms. The minimum absolute atomic E-state index is 0.650. The van der Waals surface area contributed by atoms with E-state index in [-0.39, 0.29) is 0 Å². The minimum Gasteiger partial charge on any atom is -0.481 e. The highest BCUT2D eigenvalue weighted by Crippen LogP contribution is 2.20. The molecule has 2 rings (SSSR count). The van der Waals surface area contributed by atoms with Crippen molar-refractivity contribution in [3.63, 3.8) is 0 Å². The number of hydrogen-bond acceptors (Lipinski definition) is 2. The Morgan fingerprint density at radius 1 is 1.00 bits per heavy atom. The molecule has 18 heavy (non-hydrogen) atoms. The number of aliphatic imine (C=N–C) groups is 1. The fourth-order valence-corrected chi connectivity index (χ4v) is 1.84. The van der Waals surface area contributed by atoms with Crippen molar-refractivity contribution in [1.82, 2.24) is 0 Å². The van der Waals surface area contributed by atoms with E-state index in [1.54, 1.807) is 7.11 Å². The fraction of sp³-hybridized carbons (Fsp3) is 0.188. The third kappa shape index (κ3) is 2.77. The maximum absolute atomic E-state index is 5.39. The molecule has 0 N–H and O–H groups in total. The van der Waals surface area contributed by atoms with Crippen LogP contribution in [0.3, 0.4) is 0 Å². The van der Waals surface area contributed by atoms with Gasteiger partial charge in [0.2, 0.25) is 5.90 Å². The van der Waals surface area contributed by atoms with Crippen LogP contribution in [0, 0.1) is 0 Å². The molecular weight excluding hydrogens is 222 g/mol. The van der Waals surface area contributed by atoms with Gasteiger partial charge < -0.3 is 4.74 Å². The van der Waals surface area contributed by atoms with E-state index in [9.17, 15) is 0 Å². The molecule has 2 nitrogen and oxygen atoms in total. The van der Waals surface area contributed by atoms with Crippen molar-refractivity contribution < 1.29 is 4.74 Å². The highest BCUT2D eigenvalue weighted by Gasteiger charge is 2.04. The van der Waals surface area contributed by atoms with Gasteiger partial charge in [-0.05, 0) is 30.2 Å². The largest absolute Gasteiger partial charge is 0.481 e. The standard InChI is InChI=1S/C16H17NO/c1-3-13-9-7-8-12-15(13)17-16(18-2)14-10-5-4-6-11-14/h4-12H,3H2,1-2H3. The molecule has 0 unspecified atom stereocenters. The maximum atomic E-state index is 5.39. The number of benzene rings is 2. The van der Waals surface area contributed by atoms with Crippen LogP contribution in [0.15, 0.2) is 59.6 Å². The number of aryl methyl sites for hydroxylation is 1. The second-order valence-corrected chi connectivity index (χ2v) is 3.97. The number of methoxy groups -OCH3 is 1. The highest BCUT2D eigenvalue weighted by molar-refractivity contribution is 5.95. The van der Waals surface area contributed by atoms with Crippen LogP contribution in [0.1, 0.15) is 18.1 Å². The molecule has 2 aromatic rings. The molecule has 0 aliphatic carbocycles. The summed E-state index contributed by atoms with van der Waals surface area (Å²) in [4.78, 5) is 4.61. The second kappa shape index (κ2) is 6.01. The van der Waals surface area contributed by atoms with Crippen molar-refractivity contribution in [2.24, 2.45) is 4.99 Å². The lowest BCUT2D eigenvalue weighted by molar-refractivity contribution is 0.405. The van der Waals surface area contributed by atoms with Crippen LogP contribution >= 0.6 is 0 Å². The molecule has 2 aromatic carbocycles. The van der Waals surface area contributed by atoms with Crippen molar-refractivity contribution in [2.75, 3.05) is 7.11 Å². The van der Waals surface area contributed by atoms with Gasteiger partial charge in [0.05, 0.1) is 12.8 Å². The van der Waals surface area contributed by atoms with Gasteiger partial charge in [0, 0.05) is 5.56 Å². The number of para-hydroxylation sites is 1. The summed E-state index contributed by atoms with van der Waals surface area (Å²) >= 11 is 0. The van der Waals surface area contributed by atoms with Gasteiger partial charge in [0.15, 0.2) is 0 Å². The molecule has 0 saturated heterocycles. The van der Waals surface area contributed by atoms with Gasteiger partial charge in [-0.1, -0.05) is 43.3 Å². The van der Waals surface area contributed by atoms with E-state index < -0.39 is 0 Å². The average molecular weight is 239 g/mol. The number of hydrogen-bond donors (Lipinski definition) is 0. The quantitative estimate of drug-likeness (QED) is 0.586. The third-order valence-corrected chi connectivity index (χ3v) is 2.81. The first-order valence-corrected chi connectivity index (χ1v) is 6.11. The zero-order valence-electron chi connectivity index (χ0n) is 10.8. The Balaban J connectivity index is 2.41. The summed E-state index contributed by atoms with van der Waals surface area (Å²) in [5.74, 6) is 0.650. The Kier molecular flexibility index (Phi) is 4.13. The summed E-state index contributed by atoms with van der Waals surface area (Å²) in [5, 5.41) is 0. The lowest BCUT2D eigenvalue weighted by atomic mass is 10.1. The predicted molar refractivity (Wildman–Crippen MR) is 75.5 cm³/mol. The lowest BCUT2D eigenvalue weighted by Crippen LogP contribution is -2.02. The van der Waals surface area contributed by atoms with Gasteiger partial charge in [-0.15, -0.1) is 0 Å². The second-order valence-electron chi connectivity index (χ2n) is 3.97. The van der Waals surface area contributed by atoms with Crippen LogP contribution in [-0.4, -0.2) is 13.0 Å². The van der Waals surface area contributed by atoms with E-state index in [0.717, 1.165) is 17.7 Å². The van der Waals surface area contributed by atoms with Gasteiger partial charge in [0.25, 0.3) is 0 Å². The van der Waals surface area contributed by atoms with Gasteiger partial charge in [-0.3, -0.25) is 0 Å². The Labute approximate surface area is 108 Å². The molecule has 0 atom stereocenters. The van der Waals surface area contributed by atoms with E-state index >= 15 is 0 Å². The fourth-order valence-electron chi connectivity index (χ4n) is 1.84. The van der Waals surface area contributed by atoms with E-state index in [2.05, 4.69) is 18.0 Å². The van der Waals surface area contributed by atoms with Gasteiger partial charge in [0.1, 0.15) is 0 Å². The zero-order valence-corrected chi connectivity index (χ0v) is 10.8. The smallest absolute Gasteiger partial charge is 0.221 e. The molecule has 2 heteroatoms. The molecule has 0 heterocycles. The van der Waals surface area contributed by atoms with Gasteiger partial charge >= 0.3 is 0 Å². The molecule has 0 aromatic heterocycles. The molecule has 0 amide bonds. The highest BCUT2D eigenvalue weighted by atomic mass is 16.5. The maximum Gasteiger partial charge on any atom is 0.221 e. The predicted octanol–water partition coefficient (Wildman–Crippen LogP) is 3.97. The summed E-state index contributed by atoms with van der Waals surface area (Å²) in [6.45, 7) is 2.13. The normalized spacial score (nSPS) is 11.3. The number of rotatable bonds is 3. The van der Waals surface area contributed by atoms with Crippen LogP contribution in [0.25, 0.3) is 0 Å². The average Bonchev–Trinajstić information content (AvgIpc) is 2.46. The van der Waals surface area contributed by atoms with Crippen molar-refractivity contribution in [1.29, 1.82) is 0 Å². The topological polar surface area (TPSA) is 21.6 Å². The minimum atomic E-state index is 0.650. The summed E-state index contributed by atoms with van der Waals surface area (Å²) in [6.07, 6.45) is 0.964. The number of nitrogens with zero attached hydrogens (tertiary/aromatic N) is 1. The van der Waals surface area contributed by atoms with E-state index in [0.29, 0.717) is 5.90 Å². The van der Waals surface area contributed by atoms with Gasteiger partial charge in [-0.25, -0.2) is 4.99 Å². The molecular formula is C16H17NO. The van der Waals surface area contributed by atoms with Gasteiger partial charge in [-0.2, -0.15) is 0 Å². The van der Waals surface area contributed by atoms with Crippen molar-refractivity contribution in [3.05, 3.63) is 65.7 Å². The van der Waals surface area contributed by atoms with E-state index in [4.69, 9.17) is 4.74 Å². The molecule has 0 saturated carbocycles. The Morgan fingerprint density at radius 2 is 1.67 bits per heavy atom. The Bertz CT molecular complexity index is 532. The van der Waals surface area contributed by atoms with Crippen molar-refractivity contribution in [2.45, 2.75) is 13.3 Å². The Hall–Kier alpha value is -2.09. The van der Waals surface area contributed by atoms with Crippen LogP contribution in [0.2, 0.25) is 0 Å². The van der Waals surface area contributed by atoms with Crippen molar-refractivity contribution in [3.8, 4) is 0 Å². The SMILES string of the molecule is CCc1ccccc1N=C(OC)c1ccccc1. The first-order valence-electron chi connectivity index (χ1n) is 6.11. The van der Waals surface area contributed by atoms with Crippen molar-refractivity contribution >= 4 is 11.6 Å². The van der Waals surface area contributed by atoms with Crippen LogP contribution in [0.5, 0.6) is 0 Å². The molecule has 0 radical (unpaired) electrons. The van der Waals surface area contributed by atoms with E-state index in [1.807, 2.05) is 48.5 Å². The molecule has 0 aliphatic rings. The summed E-state index contributed by atoms with van der Waals surface area (Å²) in [5.41, 5.74) is 3.19. The third-order valence-electron chi connectivity index (χ3n) is 2.81. The number of ether oxygens (including phenoxy) is 1. The first kappa shape index (κ1) is 12.4. The lowest BCUT2D eigenvalue weighted by Gasteiger charge is -2.07. The monoisotopic (exact) mass is 239 g/mol. The van der Waals surface area contributed by atoms with Crippen LogP contribution < -0.4 is 0 Å². The van der Waals surface area contributed by atoms with Crippen LogP contribution in [0.4, 0.5) is 5.69 Å². The summed E-state index contributed by atoms with van der Waals surface area (Å²) in [6, 6.07) is 18.1. The van der Waals surface area contributed by atoms with Crippen LogP contribution in [-0.2, 0) is 11.2 Å². The summed E-state index contributed by atoms with van der Waals surface area (Å²) in [7, 11) is 1.65. The van der Waals surface area contributed by atoms with E-state index in [1.165, 1.54) is 5.56 Å². The molecule has 0 fully saturated rings. The molecule has 92 valence electrons. The zero-order chi connectivity index (χ0) is 12.8. The molecule has 0 spiro atoms. The first-order chi connectivity index (χ1) is 8.85.